The molecule has 1 heterocycles. The Hall–Kier alpha value is -1.27. The molecule has 3 N–H and O–H groups in total. The van der Waals surface area contributed by atoms with E-state index in [0.29, 0.717) is 18.2 Å². The maximum atomic E-state index is 8.80. The van der Waals surface area contributed by atoms with Gasteiger partial charge in [0.15, 0.2) is 0 Å². The summed E-state index contributed by atoms with van der Waals surface area (Å²) in [7, 11) is 1.80. The number of rotatable bonds is 4. The molecule has 0 aromatic carbocycles. The summed E-state index contributed by atoms with van der Waals surface area (Å²) in [6.45, 7) is 2.37. The van der Waals surface area contributed by atoms with Crippen LogP contribution in [0.1, 0.15) is 11.4 Å². The molecule has 0 fully saturated rings. The van der Waals surface area contributed by atoms with Crippen molar-refractivity contribution in [3.05, 3.63) is 17.5 Å². The molecule has 0 aliphatic carbocycles. The zero-order valence-corrected chi connectivity index (χ0v) is 9.58. The first-order valence-electron chi connectivity index (χ1n) is 4.52. The third kappa shape index (κ3) is 3.10. The van der Waals surface area contributed by atoms with Gasteiger partial charge in [0.25, 0.3) is 0 Å². The van der Waals surface area contributed by atoms with Crippen molar-refractivity contribution in [2.75, 3.05) is 25.1 Å². The molecule has 0 atom stereocenters. The van der Waals surface area contributed by atoms with Gasteiger partial charge in [0.05, 0.1) is 6.61 Å². The summed E-state index contributed by atoms with van der Waals surface area (Å²) in [6, 6.07) is 1.73. The molecule has 0 bridgehead atoms. The van der Waals surface area contributed by atoms with Crippen LogP contribution in [0, 0.1) is 6.92 Å². The van der Waals surface area contributed by atoms with Crippen molar-refractivity contribution >= 4 is 23.2 Å². The molecule has 0 spiro atoms. The number of aliphatic hydroxyl groups is 1. The maximum Gasteiger partial charge on any atom is 0.226 e. The molecule has 0 unspecified atom stereocenters. The van der Waals surface area contributed by atoms with E-state index in [-0.39, 0.29) is 11.6 Å². The van der Waals surface area contributed by atoms with Crippen molar-refractivity contribution in [1.29, 1.82) is 0 Å². The highest BCUT2D eigenvalue weighted by Gasteiger charge is 2.07. The molecule has 0 saturated carbocycles. The second-order valence-corrected chi connectivity index (χ2v) is 3.64. The lowest BCUT2D eigenvalue weighted by Gasteiger charge is -2.16. The fraction of sp³-hybridized carbons (Fsp3) is 0.444. The van der Waals surface area contributed by atoms with Gasteiger partial charge in [-0.25, -0.2) is 9.97 Å². The number of hydrogen-bond acceptors (Lipinski definition) is 5. The van der Waals surface area contributed by atoms with Gasteiger partial charge in [-0.05, 0) is 13.0 Å². The van der Waals surface area contributed by atoms with Crippen molar-refractivity contribution in [2.24, 2.45) is 5.73 Å². The molecule has 0 aliphatic heterocycles. The summed E-state index contributed by atoms with van der Waals surface area (Å²) in [6.07, 6.45) is 0. The van der Waals surface area contributed by atoms with Gasteiger partial charge in [0.1, 0.15) is 10.7 Å². The van der Waals surface area contributed by atoms with Crippen LogP contribution in [0.5, 0.6) is 0 Å². The summed E-state index contributed by atoms with van der Waals surface area (Å²) >= 11 is 4.85. The Morgan fingerprint density at radius 3 is 2.80 bits per heavy atom. The van der Waals surface area contributed by atoms with Crippen molar-refractivity contribution < 1.29 is 5.11 Å². The van der Waals surface area contributed by atoms with Gasteiger partial charge in [-0.15, -0.1) is 0 Å². The standard InChI is InChI=1S/C9H14N4OS/c1-6-5-7(8(10)15)12-9(11-6)13(2)3-4-14/h5,14H,3-4H2,1-2H3,(H2,10,15). The molecule has 15 heavy (non-hydrogen) atoms. The topological polar surface area (TPSA) is 75.3 Å². The van der Waals surface area contributed by atoms with Gasteiger partial charge in [-0.1, -0.05) is 12.2 Å². The lowest BCUT2D eigenvalue weighted by Crippen LogP contribution is -2.25. The number of nitrogens with zero attached hydrogens (tertiary/aromatic N) is 3. The Balaban J connectivity index is 3.03. The van der Waals surface area contributed by atoms with Crippen molar-refractivity contribution in [3.63, 3.8) is 0 Å². The van der Waals surface area contributed by atoms with Crippen molar-refractivity contribution in [1.82, 2.24) is 9.97 Å². The average molecular weight is 226 g/mol. The predicted molar refractivity (Wildman–Crippen MR) is 63.0 cm³/mol. The molecule has 6 heteroatoms. The van der Waals surface area contributed by atoms with E-state index < -0.39 is 0 Å². The quantitative estimate of drug-likeness (QED) is 0.695. The number of nitrogens with two attached hydrogens (primary N) is 1. The monoisotopic (exact) mass is 226 g/mol. The number of likely N-dealkylation sites (N-methyl/N-ethyl adjacent to an activating group) is 1. The molecular formula is C9H14N4OS. The summed E-state index contributed by atoms with van der Waals surface area (Å²) in [5.41, 5.74) is 6.85. The van der Waals surface area contributed by atoms with Crippen LogP contribution in [0.2, 0.25) is 0 Å². The molecule has 0 radical (unpaired) electrons. The van der Waals surface area contributed by atoms with Crippen molar-refractivity contribution in [3.8, 4) is 0 Å². The van der Waals surface area contributed by atoms with Crippen LogP contribution in [0.4, 0.5) is 5.95 Å². The highest BCUT2D eigenvalue weighted by atomic mass is 32.1. The van der Waals surface area contributed by atoms with Gasteiger partial charge < -0.3 is 15.7 Å². The molecule has 1 aromatic rings. The first kappa shape index (κ1) is 11.8. The van der Waals surface area contributed by atoms with E-state index in [9.17, 15) is 0 Å². The predicted octanol–water partition coefficient (Wildman–Crippen LogP) is -0.152. The van der Waals surface area contributed by atoms with E-state index in [4.69, 9.17) is 23.1 Å². The van der Waals surface area contributed by atoms with Crippen molar-refractivity contribution in [2.45, 2.75) is 6.92 Å². The highest BCUT2D eigenvalue weighted by molar-refractivity contribution is 7.80. The lowest BCUT2D eigenvalue weighted by molar-refractivity contribution is 0.303. The Morgan fingerprint density at radius 1 is 1.60 bits per heavy atom. The number of aryl methyl sites for hydroxylation is 1. The largest absolute Gasteiger partial charge is 0.395 e. The van der Waals surface area contributed by atoms with E-state index in [1.54, 1.807) is 18.0 Å². The second-order valence-electron chi connectivity index (χ2n) is 3.20. The number of hydrogen-bond donors (Lipinski definition) is 2. The first-order valence-corrected chi connectivity index (χ1v) is 4.93. The average Bonchev–Trinajstić information content (AvgIpc) is 2.17. The zero-order valence-electron chi connectivity index (χ0n) is 8.77. The Labute approximate surface area is 93.9 Å². The van der Waals surface area contributed by atoms with E-state index in [1.165, 1.54) is 0 Å². The van der Waals surface area contributed by atoms with Crippen LogP contribution in [0.3, 0.4) is 0 Å². The third-order valence-electron chi connectivity index (χ3n) is 1.87. The Kier molecular flexibility index (Phi) is 3.93. The Morgan fingerprint density at radius 2 is 2.27 bits per heavy atom. The number of aliphatic hydroxyl groups excluding tert-OH is 1. The minimum atomic E-state index is 0.0518. The van der Waals surface area contributed by atoms with Crippen LogP contribution in [0.25, 0.3) is 0 Å². The van der Waals surface area contributed by atoms with E-state index in [1.807, 2.05) is 6.92 Å². The minimum absolute atomic E-state index is 0.0518. The fourth-order valence-corrected chi connectivity index (χ4v) is 1.20. The molecule has 82 valence electrons. The molecule has 0 amide bonds. The van der Waals surface area contributed by atoms with Crippen LogP contribution >= 0.6 is 12.2 Å². The van der Waals surface area contributed by atoms with E-state index in [0.717, 1.165) is 5.69 Å². The normalized spacial score (nSPS) is 10.1. The summed E-state index contributed by atoms with van der Waals surface area (Å²) in [5.74, 6) is 0.520. The summed E-state index contributed by atoms with van der Waals surface area (Å²) < 4.78 is 0. The molecule has 0 saturated heterocycles. The van der Waals surface area contributed by atoms with Gasteiger partial charge >= 0.3 is 0 Å². The van der Waals surface area contributed by atoms with Gasteiger partial charge in [0.2, 0.25) is 5.95 Å². The second kappa shape index (κ2) is 4.99. The number of anilines is 1. The molecule has 5 nitrogen and oxygen atoms in total. The third-order valence-corrected chi connectivity index (χ3v) is 2.08. The molecule has 1 aromatic heterocycles. The fourth-order valence-electron chi connectivity index (χ4n) is 1.10. The maximum absolute atomic E-state index is 8.80. The van der Waals surface area contributed by atoms with Gasteiger partial charge in [-0.3, -0.25) is 0 Å². The Bertz CT molecular complexity index is 369. The van der Waals surface area contributed by atoms with Crippen LogP contribution < -0.4 is 10.6 Å². The lowest BCUT2D eigenvalue weighted by atomic mass is 10.3. The first-order chi connectivity index (χ1) is 7.04. The number of aromatic nitrogens is 2. The highest BCUT2D eigenvalue weighted by Crippen LogP contribution is 2.08. The van der Waals surface area contributed by atoms with E-state index in [2.05, 4.69) is 9.97 Å². The van der Waals surface area contributed by atoms with E-state index >= 15 is 0 Å². The van der Waals surface area contributed by atoms with Gasteiger partial charge in [-0.2, -0.15) is 0 Å². The smallest absolute Gasteiger partial charge is 0.226 e. The molecule has 1 rings (SSSR count). The van der Waals surface area contributed by atoms with Crippen LogP contribution in [-0.4, -0.2) is 40.3 Å². The number of thiocarbonyl (C=S) groups is 1. The van der Waals surface area contributed by atoms with Gasteiger partial charge in [0, 0.05) is 19.3 Å². The molecule has 0 aliphatic rings. The summed E-state index contributed by atoms with van der Waals surface area (Å²) in [4.78, 5) is 10.4. The van der Waals surface area contributed by atoms with Crippen LogP contribution in [-0.2, 0) is 0 Å². The zero-order chi connectivity index (χ0) is 11.4. The minimum Gasteiger partial charge on any atom is -0.395 e. The molecular weight excluding hydrogens is 212 g/mol. The SMILES string of the molecule is Cc1cc(C(N)=S)nc(N(C)CCO)n1. The van der Waals surface area contributed by atoms with Crippen LogP contribution in [0.15, 0.2) is 6.07 Å². The summed E-state index contributed by atoms with van der Waals surface area (Å²) in [5, 5.41) is 8.80.